The van der Waals surface area contributed by atoms with Gasteiger partial charge >= 0.3 is 0 Å². The third-order valence-corrected chi connectivity index (χ3v) is 1.92. The van der Waals surface area contributed by atoms with Crippen molar-refractivity contribution < 1.29 is 18.5 Å². The van der Waals surface area contributed by atoms with Crippen LogP contribution in [-0.4, -0.2) is 15.8 Å². The van der Waals surface area contributed by atoms with Crippen molar-refractivity contribution in [1.82, 2.24) is 4.98 Å². The molecule has 6 nitrogen and oxygen atoms in total. The van der Waals surface area contributed by atoms with E-state index in [1.807, 2.05) is 0 Å². The molecule has 1 aromatic rings. The molecule has 0 atom stereocenters. The first-order chi connectivity index (χ1) is 7.34. The first-order valence-electron chi connectivity index (χ1n) is 4.08. The summed E-state index contributed by atoms with van der Waals surface area (Å²) in [6.45, 7) is 1.22. The molecule has 0 saturated carbocycles. The van der Waals surface area contributed by atoms with Gasteiger partial charge in [-0.15, -0.1) is 0 Å². The molecule has 86 valence electrons. The lowest BCUT2D eigenvalue weighted by Crippen LogP contribution is -2.17. The van der Waals surface area contributed by atoms with E-state index in [0.29, 0.717) is 6.07 Å². The highest BCUT2D eigenvalue weighted by atomic mass is 19.3. The summed E-state index contributed by atoms with van der Waals surface area (Å²) in [6, 6.07) is 0.631. The number of pyridine rings is 1. The zero-order valence-electron chi connectivity index (χ0n) is 8.11. The fourth-order valence-electron chi connectivity index (χ4n) is 1.16. The minimum Gasteiger partial charge on any atom is -0.364 e. The van der Waals surface area contributed by atoms with Gasteiger partial charge in [-0.3, -0.25) is 14.9 Å². The van der Waals surface area contributed by atoms with E-state index < -0.39 is 34.3 Å². The van der Waals surface area contributed by atoms with Crippen LogP contribution in [0.25, 0.3) is 0 Å². The first kappa shape index (κ1) is 12.0. The molecule has 16 heavy (non-hydrogen) atoms. The maximum absolute atomic E-state index is 12.3. The Morgan fingerprint density at radius 2 is 2.19 bits per heavy atom. The molecule has 0 aliphatic rings. The van der Waals surface area contributed by atoms with Crippen molar-refractivity contribution in [3.05, 3.63) is 33.1 Å². The Bertz CT molecular complexity index is 427. The number of aromatic nitrogens is 1. The second kappa shape index (κ2) is 4.17. The van der Waals surface area contributed by atoms with Crippen LogP contribution in [0.2, 0.25) is 0 Å². The molecule has 1 aromatic heterocycles. The molecule has 0 aliphatic heterocycles. The highest BCUT2D eigenvalue weighted by Gasteiger charge is 2.23. The van der Waals surface area contributed by atoms with Gasteiger partial charge in [-0.25, -0.2) is 13.8 Å². The number of carbonyl (C=O) groups is 1. The summed E-state index contributed by atoms with van der Waals surface area (Å²) in [4.78, 5) is 23.8. The third-order valence-electron chi connectivity index (χ3n) is 1.92. The number of nitrogens with two attached hydrogens (primary N) is 1. The summed E-state index contributed by atoms with van der Waals surface area (Å²) in [5.74, 6) is -1.08. The quantitative estimate of drug-likeness (QED) is 0.626. The Labute approximate surface area is 88.2 Å². The summed E-state index contributed by atoms with van der Waals surface area (Å²) in [5, 5.41) is 10.6. The molecular weight excluding hydrogens is 224 g/mol. The molecule has 0 fully saturated rings. The van der Waals surface area contributed by atoms with Crippen molar-refractivity contribution in [3.63, 3.8) is 0 Å². The van der Waals surface area contributed by atoms with Crippen LogP contribution < -0.4 is 5.73 Å². The van der Waals surface area contributed by atoms with Crippen LogP contribution in [0.15, 0.2) is 6.07 Å². The van der Waals surface area contributed by atoms with E-state index in [9.17, 15) is 23.7 Å². The lowest BCUT2D eigenvalue weighted by molar-refractivity contribution is -0.385. The summed E-state index contributed by atoms with van der Waals surface area (Å²) in [5.41, 5.74) is 2.81. The zero-order chi connectivity index (χ0) is 12.5. The third kappa shape index (κ3) is 2.10. The van der Waals surface area contributed by atoms with Gasteiger partial charge in [-0.1, -0.05) is 0 Å². The molecule has 1 amide bonds. The van der Waals surface area contributed by atoms with Crippen LogP contribution in [0.1, 0.15) is 28.2 Å². The average Bonchev–Trinajstić information content (AvgIpc) is 2.16. The SMILES string of the molecule is Cc1c([N+](=O)[O-])cc(C(F)F)nc1C(N)=O. The average molecular weight is 231 g/mol. The van der Waals surface area contributed by atoms with E-state index in [-0.39, 0.29) is 5.56 Å². The molecule has 0 aromatic carbocycles. The van der Waals surface area contributed by atoms with E-state index in [0.717, 1.165) is 0 Å². The Balaban J connectivity index is 3.51. The molecule has 0 unspecified atom stereocenters. The fourth-order valence-corrected chi connectivity index (χ4v) is 1.16. The zero-order valence-corrected chi connectivity index (χ0v) is 8.11. The summed E-state index contributed by atoms with van der Waals surface area (Å²) < 4.78 is 24.7. The molecule has 2 N–H and O–H groups in total. The fraction of sp³-hybridized carbons (Fsp3) is 0.250. The smallest absolute Gasteiger partial charge is 0.280 e. The number of hydrogen-bond donors (Lipinski definition) is 1. The molecule has 0 spiro atoms. The monoisotopic (exact) mass is 231 g/mol. The maximum Gasteiger partial charge on any atom is 0.280 e. The van der Waals surface area contributed by atoms with E-state index in [1.54, 1.807) is 0 Å². The molecule has 0 aliphatic carbocycles. The van der Waals surface area contributed by atoms with Gasteiger partial charge in [0.2, 0.25) is 0 Å². The summed E-state index contributed by atoms with van der Waals surface area (Å²) in [6.07, 6.45) is -3.00. The number of alkyl halides is 2. The number of nitro groups is 1. The molecule has 1 heterocycles. The van der Waals surface area contributed by atoms with E-state index in [2.05, 4.69) is 4.98 Å². The number of primary amides is 1. The van der Waals surface area contributed by atoms with Crippen molar-refractivity contribution >= 4 is 11.6 Å². The molecule has 1 rings (SSSR count). The number of nitrogens with zero attached hydrogens (tertiary/aromatic N) is 2. The molecule has 0 radical (unpaired) electrons. The van der Waals surface area contributed by atoms with Gasteiger partial charge in [0, 0.05) is 6.07 Å². The van der Waals surface area contributed by atoms with E-state index in [1.165, 1.54) is 6.92 Å². The Morgan fingerprint density at radius 1 is 1.62 bits per heavy atom. The molecular formula is C8H7F2N3O3. The van der Waals surface area contributed by atoms with Crippen LogP contribution in [-0.2, 0) is 0 Å². The highest BCUT2D eigenvalue weighted by molar-refractivity contribution is 5.93. The molecule has 0 saturated heterocycles. The lowest BCUT2D eigenvalue weighted by Gasteiger charge is -2.05. The minimum absolute atomic E-state index is 0.123. The van der Waals surface area contributed by atoms with E-state index >= 15 is 0 Å². The van der Waals surface area contributed by atoms with Crippen molar-refractivity contribution in [2.75, 3.05) is 0 Å². The van der Waals surface area contributed by atoms with Gasteiger partial charge < -0.3 is 5.73 Å². The molecule has 0 bridgehead atoms. The number of rotatable bonds is 3. The van der Waals surface area contributed by atoms with Crippen LogP contribution in [0.3, 0.4) is 0 Å². The van der Waals surface area contributed by atoms with Gasteiger partial charge in [-0.05, 0) is 6.92 Å². The Kier molecular flexibility index (Phi) is 3.11. The normalized spacial score (nSPS) is 10.5. The van der Waals surface area contributed by atoms with Crippen LogP contribution in [0, 0.1) is 17.0 Å². The van der Waals surface area contributed by atoms with Crippen molar-refractivity contribution in [3.8, 4) is 0 Å². The van der Waals surface area contributed by atoms with E-state index in [4.69, 9.17) is 5.73 Å². The number of carbonyl (C=O) groups excluding carboxylic acids is 1. The predicted octanol–water partition coefficient (Wildman–Crippen LogP) is 1.33. The number of halogens is 2. The van der Waals surface area contributed by atoms with Gasteiger partial charge in [0.05, 0.1) is 10.5 Å². The molecule has 8 heteroatoms. The van der Waals surface area contributed by atoms with Crippen LogP contribution in [0.4, 0.5) is 14.5 Å². The number of amides is 1. The second-order valence-electron chi connectivity index (χ2n) is 2.96. The van der Waals surface area contributed by atoms with Gasteiger partial charge in [0.1, 0.15) is 11.4 Å². The Morgan fingerprint density at radius 3 is 2.56 bits per heavy atom. The van der Waals surface area contributed by atoms with Crippen molar-refractivity contribution in [2.45, 2.75) is 13.3 Å². The summed E-state index contributed by atoms with van der Waals surface area (Å²) >= 11 is 0. The minimum atomic E-state index is -3.00. The van der Waals surface area contributed by atoms with Crippen molar-refractivity contribution in [2.24, 2.45) is 5.73 Å². The predicted molar refractivity (Wildman–Crippen MR) is 49.1 cm³/mol. The largest absolute Gasteiger partial charge is 0.364 e. The summed E-state index contributed by atoms with van der Waals surface area (Å²) in [7, 11) is 0. The van der Waals surface area contributed by atoms with Crippen LogP contribution >= 0.6 is 0 Å². The van der Waals surface area contributed by atoms with Gasteiger partial charge in [-0.2, -0.15) is 0 Å². The second-order valence-corrected chi connectivity index (χ2v) is 2.96. The number of hydrogen-bond acceptors (Lipinski definition) is 4. The van der Waals surface area contributed by atoms with Crippen molar-refractivity contribution in [1.29, 1.82) is 0 Å². The van der Waals surface area contributed by atoms with Crippen LogP contribution in [0.5, 0.6) is 0 Å². The standard InChI is InChI=1S/C8H7F2N3O3/c1-3-5(13(15)16)2-4(7(9)10)12-6(3)8(11)14/h2,7H,1H3,(H2,11,14). The maximum atomic E-state index is 12.3. The lowest BCUT2D eigenvalue weighted by atomic mass is 10.1. The van der Waals surface area contributed by atoms with Gasteiger partial charge in [0.15, 0.2) is 0 Å². The Hall–Kier alpha value is -2.12. The van der Waals surface area contributed by atoms with Gasteiger partial charge in [0.25, 0.3) is 18.0 Å². The topological polar surface area (TPSA) is 99.1 Å². The first-order valence-corrected chi connectivity index (χ1v) is 4.08. The highest BCUT2D eigenvalue weighted by Crippen LogP contribution is 2.26.